The Balaban J connectivity index is 1.77. The molecule has 1 unspecified atom stereocenters. The van der Waals surface area contributed by atoms with Crippen molar-refractivity contribution in [2.24, 2.45) is 11.1 Å². The van der Waals surface area contributed by atoms with Gasteiger partial charge in [0, 0.05) is 37.9 Å². The van der Waals surface area contributed by atoms with Gasteiger partial charge in [0.15, 0.2) is 0 Å². The van der Waals surface area contributed by atoms with Crippen LogP contribution in [0.15, 0.2) is 24.3 Å². The molecule has 0 saturated carbocycles. The lowest BCUT2D eigenvalue weighted by molar-refractivity contribution is 0.219. The Morgan fingerprint density at radius 1 is 1.10 bits per heavy atom. The van der Waals surface area contributed by atoms with Gasteiger partial charge in [-0.2, -0.15) is 0 Å². The minimum absolute atomic E-state index is 0.173. The van der Waals surface area contributed by atoms with E-state index in [1.165, 1.54) is 12.1 Å². The summed E-state index contributed by atoms with van der Waals surface area (Å²) in [4.78, 5) is 4.80. The van der Waals surface area contributed by atoms with Crippen molar-refractivity contribution in [1.29, 1.82) is 0 Å². The molecule has 1 heterocycles. The van der Waals surface area contributed by atoms with E-state index in [0.717, 1.165) is 44.8 Å². The average Bonchev–Trinajstić information content (AvgIpc) is 2.45. The third-order valence-electron chi connectivity index (χ3n) is 4.43. The van der Waals surface area contributed by atoms with Crippen molar-refractivity contribution in [3.05, 3.63) is 30.1 Å². The molecule has 1 aromatic carbocycles. The minimum atomic E-state index is -0.173. The molecule has 0 radical (unpaired) electrons. The van der Waals surface area contributed by atoms with Gasteiger partial charge in [0.2, 0.25) is 0 Å². The molecular formula is C17H28FN3. The van der Waals surface area contributed by atoms with Crippen LogP contribution in [0.25, 0.3) is 0 Å². The van der Waals surface area contributed by atoms with Crippen LogP contribution in [0.5, 0.6) is 0 Å². The lowest BCUT2D eigenvalue weighted by Crippen LogP contribution is -2.48. The van der Waals surface area contributed by atoms with E-state index in [4.69, 9.17) is 5.73 Å². The molecule has 118 valence electrons. The minimum Gasteiger partial charge on any atom is -0.369 e. The van der Waals surface area contributed by atoms with Gasteiger partial charge in [-0.1, -0.05) is 20.8 Å². The van der Waals surface area contributed by atoms with E-state index in [2.05, 4.69) is 30.6 Å². The molecule has 0 amide bonds. The largest absolute Gasteiger partial charge is 0.369 e. The van der Waals surface area contributed by atoms with E-state index in [1.807, 2.05) is 12.1 Å². The Hall–Kier alpha value is -1.13. The number of halogens is 1. The summed E-state index contributed by atoms with van der Waals surface area (Å²) in [5.41, 5.74) is 7.52. The van der Waals surface area contributed by atoms with Crippen molar-refractivity contribution in [3.8, 4) is 0 Å². The van der Waals surface area contributed by atoms with Crippen molar-refractivity contribution in [1.82, 2.24) is 4.90 Å². The normalized spacial score (nSPS) is 18.8. The molecular weight excluding hydrogens is 265 g/mol. The quantitative estimate of drug-likeness (QED) is 0.926. The maximum atomic E-state index is 12.9. The number of rotatable bonds is 4. The highest BCUT2D eigenvalue weighted by Crippen LogP contribution is 2.21. The Morgan fingerprint density at radius 2 is 1.67 bits per heavy atom. The molecule has 21 heavy (non-hydrogen) atoms. The predicted octanol–water partition coefficient (Wildman–Crippen LogP) is 2.71. The van der Waals surface area contributed by atoms with Crippen molar-refractivity contribution < 1.29 is 4.39 Å². The van der Waals surface area contributed by atoms with Crippen LogP contribution in [-0.4, -0.2) is 43.7 Å². The molecule has 0 aromatic heterocycles. The summed E-state index contributed by atoms with van der Waals surface area (Å²) in [5, 5.41) is 0. The molecule has 1 aliphatic heterocycles. The highest BCUT2D eigenvalue weighted by Gasteiger charge is 2.22. The van der Waals surface area contributed by atoms with Gasteiger partial charge in [-0.05, 0) is 42.6 Å². The number of anilines is 1. The Kier molecular flexibility index (Phi) is 5.22. The smallest absolute Gasteiger partial charge is 0.123 e. The van der Waals surface area contributed by atoms with Gasteiger partial charge in [0.1, 0.15) is 5.82 Å². The Bertz CT molecular complexity index is 430. The summed E-state index contributed by atoms with van der Waals surface area (Å²) in [6.45, 7) is 11.8. The number of piperazine rings is 1. The zero-order valence-corrected chi connectivity index (χ0v) is 13.5. The number of hydrogen-bond acceptors (Lipinski definition) is 3. The lowest BCUT2D eigenvalue weighted by Gasteiger charge is -2.37. The maximum absolute atomic E-state index is 12.9. The van der Waals surface area contributed by atoms with Gasteiger partial charge in [-0.3, -0.25) is 4.90 Å². The van der Waals surface area contributed by atoms with Crippen LogP contribution in [0, 0.1) is 11.2 Å². The molecule has 0 bridgehead atoms. The van der Waals surface area contributed by atoms with Crippen LogP contribution in [-0.2, 0) is 0 Å². The summed E-state index contributed by atoms with van der Waals surface area (Å²) < 4.78 is 12.9. The van der Waals surface area contributed by atoms with E-state index < -0.39 is 0 Å². The van der Waals surface area contributed by atoms with Crippen LogP contribution >= 0.6 is 0 Å². The SMILES string of the molecule is CC(C)(C)C(N)CCN1CCN(c2ccc(F)cc2)CC1. The molecule has 1 atom stereocenters. The van der Waals surface area contributed by atoms with Gasteiger partial charge < -0.3 is 10.6 Å². The van der Waals surface area contributed by atoms with Gasteiger partial charge in [-0.25, -0.2) is 4.39 Å². The average molecular weight is 293 g/mol. The molecule has 4 heteroatoms. The molecule has 1 aliphatic rings. The molecule has 3 nitrogen and oxygen atoms in total. The van der Waals surface area contributed by atoms with E-state index in [-0.39, 0.29) is 17.3 Å². The number of benzene rings is 1. The zero-order chi connectivity index (χ0) is 15.5. The fraction of sp³-hybridized carbons (Fsp3) is 0.647. The molecule has 1 aromatic rings. The third kappa shape index (κ3) is 4.68. The van der Waals surface area contributed by atoms with E-state index in [0.29, 0.717) is 0 Å². The van der Waals surface area contributed by atoms with Crippen LogP contribution < -0.4 is 10.6 Å². The standard InChI is InChI=1S/C17H28FN3/c1-17(2,3)16(19)8-9-20-10-12-21(13-11-20)15-6-4-14(18)5-7-15/h4-7,16H,8-13,19H2,1-3H3. The number of nitrogens with two attached hydrogens (primary N) is 1. The third-order valence-corrected chi connectivity index (χ3v) is 4.43. The van der Waals surface area contributed by atoms with Crippen molar-refractivity contribution >= 4 is 5.69 Å². The number of hydrogen-bond donors (Lipinski definition) is 1. The molecule has 2 rings (SSSR count). The summed E-state index contributed by atoms with van der Waals surface area (Å²) in [7, 11) is 0. The molecule has 2 N–H and O–H groups in total. The summed E-state index contributed by atoms with van der Waals surface area (Å²) >= 11 is 0. The Morgan fingerprint density at radius 3 is 2.19 bits per heavy atom. The first kappa shape index (κ1) is 16.2. The lowest BCUT2D eigenvalue weighted by atomic mass is 9.85. The van der Waals surface area contributed by atoms with Crippen molar-refractivity contribution in [2.45, 2.75) is 33.2 Å². The topological polar surface area (TPSA) is 32.5 Å². The van der Waals surface area contributed by atoms with Crippen molar-refractivity contribution in [2.75, 3.05) is 37.6 Å². The fourth-order valence-corrected chi connectivity index (χ4v) is 2.64. The zero-order valence-electron chi connectivity index (χ0n) is 13.5. The van der Waals surface area contributed by atoms with Crippen LogP contribution in [0.2, 0.25) is 0 Å². The summed E-state index contributed by atoms with van der Waals surface area (Å²) in [5.74, 6) is -0.173. The highest BCUT2D eigenvalue weighted by molar-refractivity contribution is 5.46. The van der Waals surface area contributed by atoms with Gasteiger partial charge >= 0.3 is 0 Å². The van der Waals surface area contributed by atoms with Crippen LogP contribution in [0.4, 0.5) is 10.1 Å². The van der Waals surface area contributed by atoms with Gasteiger partial charge in [0.25, 0.3) is 0 Å². The Labute approximate surface area is 127 Å². The van der Waals surface area contributed by atoms with Crippen LogP contribution in [0.1, 0.15) is 27.2 Å². The second-order valence-corrected chi connectivity index (χ2v) is 7.07. The van der Waals surface area contributed by atoms with Gasteiger partial charge in [-0.15, -0.1) is 0 Å². The molecule has 1 fully saturated rings. The number of nitrogens with zero attached hydrogens (tertiary/aromatic N) is 2. The van der Waals surface area contributed by atoms with E-state index >= 15 is 0 Å². The maximum Gasteiger partial charge on any atom is 0.123 e. The summed E-state index contributed by atoms with van der Waals surface area (Å²) in [6.07, 6.45) is 1.04. The highest BCUT2D eigenvalue weighted by atomic mass is 19.1. The first-order valence-corrected chi connectivity index (χ1v) is 7.85. The fourth-order valence-electron chi connectivity index (χ4n) is 2.64. The van der Waals surface area contributed by atoms with E-state index in [9.17, 15) is 4.39 Å². The first-order valence-electron chi connectivity index (χ1n) is 7.85. The second kappa shape index (κ2) is 6.75. The monoisotopic (exact) mass is 293 g/mol. The molecule has 1 saturated heterocycles. The van der Waals surface area contributed by atoms with Crippen molar-refractivity contribution in [3.63, 3.8) is 0 Å². The first-order chi connectivity index (χ1) is 9.86. The van der Waals surface area contributed by atoms with Gasteiger partial charge in [0.05, 0.1) is 0 Å². The molecule has 0 aliphatic carbocycles. The predicted molar refractivity (Wildman–Crippen MR) is 87.1 cm³/mol. The second-order valence-electron chi connectivity index (χ2n) is 7.07. The summed E-state index contributed by atoms with van der Waals surface area (Å²) in [6, 6.07) is 7.03. The molecule has 0 spiro atoms. The van der Waals surface area contributed by atoms with Crippen LogP contribution in [0.3, 0.4) is 0 Å². The van der Waals surface area contributed by atoms with E-state index in [1.54, 1.807) is 0 Å².